The number of aryl methyl sites for hydroxylation is 1. The maximum absolute atomic E-state index is 12.5. The zero-order valence-electron chi connectivity index (χ0n) is 16.1. The lowest BCUT2D eigenvalue weighted by Gasteiger charge is -2.31. The Balaban J connectivity index is 1.47. The molecule has 0 spiro atoms. The fraction of sp³-hybridized carbons (Fsp3) is 0.800. The fourth-order valence-corrected chi connectivity index (χ4v) is 4.39. The smallest absolute Gasteiger partial charge is 0.269 e. The van der Waals surface area contributed by atoms with Crippen molar-refractivity contribution in [2.24, 2.45) is 18.9 Å². The first-order valence-corrected chi connectivity index (χ1v) is 10.1. The maximum atomic E-state index is 12.5. The molecular formula is C20H34N4O. The topological polar surface area (TPSA) is 50.2 Å². The number of carbonyl (C=O) groups is 1. The van der Waals surface area contributed by atoms with Crippen LogP contribution in [0.1, 0.15) is 68.6 Å². The average Bonchev–Trinajstić information content (AvgIpc) is 3.20. The monoisotopic (exact) mass is 346 g/mol. The Labute approximate surface area is 152 Å². The SMILES string of the molecule is CC(C)Cc1cc(C(=O)NC[C@@H]2CCN(C3CCCCC3)C2)n(C)n1. The van der Waals surface area contributed by atoms with Gasteiger partial charge in [-0.2, -0.15) is 5.10 Å². The molecule has 1 atom stereocenters. The van der Waals surface area contributed by atoms with Crippen molar-refractivity contribution < 1.29 is 4.79 Å². The summed E-state index contributed by atoms with van der Waals surface area (Å²) >= 11 is 0. The van der Waals surface area contributed by atoms with E-state index in [-0.39, 0.29) is 5.91 Å². The predicted molar refractivity (Wildman–Crippen MR) is 101 cm³/mol. The first-order chi connectivity index (χ1) is 12.0. The first-order valence-electron chi connectivity index (χ1n) is 10.1. The summed E-state index contributed by atoms with van der Waals surface area (Å²) in [5, 5.41) is 7.62. The Morgan fingerprint density at radius 2 is 2.04 bits per heavy atom. The van der Waals surface area contributed by atoms with Crippen molar-refractivity contribution in [3.63, 3.8) is 0 Å². The van der Waals surface area contributed by atoms with Gasteiger partial charge in [-0.15, -0.1) is 0 Å². The number of hydrogen-bond donors (Lipinski definition) is 1. The van der Waals surface area contributed by atoms with Crippen molar-refractivity contribution in [2.45, 2.75) is 64.8 Å². The van der Waals surface area contributed by atoms with Crippen LogP contribution in [0.2, 0.25) is 0 Å². The molecule has 1 aliphatic heterocycles. The van der Waals surface area contributed by atoms with Gasteiger partial charge in [-0.25, -0.2) is 0 Å². The molecule has 5 heteroatoms. The lowest BCUT2D eigenvalue weighted by molar-refractivity contribution is 0.0937. The first kappa shape index (κ1) is 18.4. The summed E-state index contributed by atoms with van der Waals surface area (Å²) in [4.78, 5) is 15.2. The molecule has 1 saturated heterocycles. The van der Waals surface area contributed by atoms with Gasteiger partial charge < -0.3 is 10.2 Å². The highest BCUT2D eigenvalue weighted by Gasteiger charge is 2.29. The highest BCUT2D eigenvalue weighted by atomic mass is 16.2. The Morgan fingerprint density at radius 1 is 1.28 bits per heavy atom. The van der Waals surface area contributed by atoms with E-state index in [2.05, 4.69) is 29.2 Å². The van der Waals surface area contributed by atoms with Gasteiger partial charge in [0.05, 0.1) is 5.69 Å². The van der Waals surface area contributed by atoms with Crippen LogP contribution in [0.5, 0.6) is 0 Å². The molecule has 0 aromatic carbocycles. The summed E-state index contributed by atoms with van der Waals surface area (Å²) in [6.45, 7) is 7.48. The zero-order chi connectivity index (χ0) is 17.8. The number of rotatable bonds is 6. The molecule has 0 unspecified atom stereocenters. The summed E-state index contributed by atoms with van der Waals surface area (Å²) in [7, 11) is 1.86. The molecular weight excluding hydrogens is 312 g/mol. The number of amides is 1. The van der Waals surface area contributed by atoms with Crippen LogP contribution in [-0.2, 0) is 13.5 Å². The van der Waals surface area contributed by atoms with Gasteiger partial charge in [0.15, 0.2) is 0 Å². The second-order valence-corrected chi connectivity index (χ2v) is 8.39. The van der Waals surface area contributed by atoms with Crippen LogP contribution in [0, 0.1) is 11.8 Å². The van der Waals surface area contributed by atoms with Crippen LogP contribution >= 0.6 is 0 Å². The number of nitrogens with one attached hydrogen (secondary N) is 1. The van der Waals surface area contributed by atoms with E-state index in [4.69, 9.17) is 0 Å². The fourth-order valence-electron chi connectivity index (χ4n) is 4.39. The molecule has 140 valence electrons. The largest absolute Gasteiger partial charge is 0.350 e. The minimum absolute atomic E-state index is 0.0149. The molecule has 0 radical (unpaired) electrons. The second-order valence-electron chi connectivity index (χ2n) is 8.39. The zero-order valence-corrected chi connectivity index (χ0v) is 16.1. The lowest BCUT2D eigenvalue weighted by atomic mass is 9.94. The van der Waals surface area contributed by atoms with Gasteiger partial charge in [0.25, 0.3) is 5.91 Å². The quantitative estimate of drug-likeness (QED) is 0.861. The van der Waals surface area contributed by atoms with E-state index in [1.807, 2.05) is 13.1 Å². The molecule has 3 rings (SSSR count). The molecule has 0 bridgehead atoms. The molecule has 1 aromatic heterocycles. The van der Waals surface area contributed by atoms with Crippen molar-refractivity contribution >= 4 is 5.91 Å². The molecule has 25 heavy (non-hydrogen) atoms. The summed E-state index contributed by atoms with van der Waals surface area (Å²) in [5.74, 6) is 1.16. The Morgan fingerprint density at radius 3 is 2.76 bits per heavy atom. The van der Waals surface area contributed by atoms with Crippen molar-refractivity contribution in [3.8, 4) is 0 Å². The van der Waals surface area contributed by atoms with Crippen LogP contribution in [0.25, 0.3) is 0 Å². The second kappa shape index (κ2) is 8.35. The van der Waals surface area contributed by atoms with Crippen LogP contribution in [0.15, 0.2) is 6.07 Å². The molecule has 1 amide bonds. The highest BCUT2D eigenvalue weighted by molar-refractivity contribution is 5.92. The normalized spacial score (nSPS) is 22.6. The molecule has 1 N–H and O–H groups in total. The third-order valence-corrected chi connectivity index (χ3v) is 5.74. The molecule has 5 nitrogen and oxygen atoms in total. The number of hydrogen-bond acceptors (Lipinski definition) is 3. The summed E-state index contributed by atoms with van der Waals surface area (Å²) in [5.41, 5.74) is 1.68. The van der Waals surface area contributed by atoms with Crippen LogP contribution in [-0.4, -0.2) is 46.3 Å². The molecule has 1 saturated carbocycles. The van der Waals surface area contributed by atoms with Gasteiger partial charge in [0, 0.05) is 26.2 Å². The van der Waals surface area contributed by atoms with Gasteiger partial charge in [-0.05, 0) is 50.1 Å². The van der Waals surface area contributed by atoms with Crippen molar-refractivity contribution in [3.05, 3.63) is 17.5 Å². The molecule has 1 aromatic rings. The van der Waals surface area contributed by atoms with E-state index in [9.17, 15) is 4.79 Å². The van der Waals surface area contributed by atoms with Crippen LogP contribution < -0.4 is 5.32 Å². The third-order valence-electron chi connectivity index (χ3n) is 5.74. The maximum Gasteiger partial charge on any atom is 0.269 e. The van der Waals surface area contributed by atoms with Crippen molar-refractivity contribution in [1.29, 1.82) is 0 Å². The molecule has 2 fully saturated rings. The van der Waals surface area contributed by atoms with Crippen LogP contribution in [0.4, 0.5) is 0 Å². The van der Waals surface area contributed by atoms with Crippen molar-refractivity contribution in [2.75, 3.05) is 19.6 Å². The Kier molecular flexibility index (Phi) is 6.15. The number of carbonyl (C=O) groups excluding carboxylic acids is 1. The van der Waals surface area contributed by atoms with E-state index in [1.54, 1.807) is 4.68 Å². The van der Waals surface area contributed by atoms with Crippen LogP contribution in [0.3, 0.4) is 0 Å². The van der Waals surface area contributed by atoms with Gasteiger partial charge in [-0.1, -0.05) is 33.1 Å². The summed E-state index contributed by atoms with van der Waals surface area (Å²) in [6.07, 6.45) is 9.05. The predicted octanol–water partition coefficient (Wildman–Crippen LogP) is 3.00. The van der Waals surface area contributed by atoms with Gasteiger partial charge in [0.1, 0.15) is 5.69 Å². The molecule has 2 heterocycles. The minimum atomic E-state index is 0.0149. The van der Waals surface area contributed by atoms with E-state index in [0.717, 1.165) is 31.2 Å². The van der Waals surface area contributed by atoms with Gasteiger partial charge in [-0.3, -0.25) is 9.48 Å². The van der Waals surface area contributed by atoms with E-state index in [1.165, 1.54) is 45.1 Å². The van der Waals surface area contributed by atoms with Gasteiger partial charge in [0.2, 0.25) is 0 Å². The van der Waals surface area contributed by atoms with E-state index >= 15 is 0 Å². The molecule has 2 aliphatic rings. The highest BCUT2D eigenvalue weighted by Crippen LogP contribution is 2.27. The van der Waals surface area contributed by atoms with Crippen molar-refractivity contribution in [1.82, 2.24) is 20.0 Å². The van der Waals surface area contributed by atoms with Gasteiger partial charge >= 0.3 is 0 Å². The average molecular weight is 347 g/mol. The number of likely N-dealkylation sites (tertiary alicyclic amines) is 1. The standard InChI is InChI=1S/C20H34N4O/c1-15(2)11-17-12-19(23(3)22-17)20(25)21-13-16-9-10-24(14-16)18-7-5-4-6-8-18/h12,15-16,18H,4-11,13-14H2,1-3H3,(H,21,25)/t16-/m0/s1. The number of nitrogens with zero attached hydrogens (tertiary/aromatic N) is 3. The van der Waals surface area contributed by atoms with E-state index in [0.29, 0.717) is 17.5 Å². The molecule has 1 aliphatic carbocycles. The summed E-state index contributed by atoms with van der Waals surface area (Å²) < 4.78 is 1.72. The lowest BCUT2D eigenvalue weighted by Crippen LogP contribution is -2.36. The Hall–Kier alpha value is -1.36. The number of aromatic nitrogens is 2. The van der Waals surface area contributed by atoms with E-state index < -0.39 is 0 Å². The minimum Gasteiger partial charge on any atom is -0.350 e. The summed E-state index contributed by atoms with van der Waals surface area (Å²) in [6, 6.07) is 2.74. The Bertz CT molecular complexity index is 574. The third kappa shape index (κ3) is 4.84.